The molecule has 0 saturated heterocycles. The van der Waals surface area contributed by atoms with Crippen LogP contribution in [0, 0.1) is 0 Å². The number of benzene rings is 1. The van der Waals surface area contributed by atoms with Crippen LogP contribution in [0.15, 0.2) is 24.3 Å². The van der Waals surface area contributed by atoms with E-state index in [0.717, 1.165) is 0 Å². The molecule has 0 bridgehead atoms. The molecule has 0 aliphatic carbocycles. The van der Waals surface area contributed by atoms with Gasteiger partial charge in [0.2, 0.25) is 0 Å². The van der Waals surface area contributed by atoms with Gasteiger partial charge in [0.05, 0.1) is 0 Å². The lowest BCUT2D eigenvalue weighted by molar-refractivity contribution is -0.274. The highest BCUT2D eigenvalue weighted by Gasteiger charge is 2.30. The molecule has 1 aromatic rings. The van der Waals surface area contributed by atoms with Crippen LogP contribution in [0.4, 0.5) is 13.2 Å². The quantitative estimate of drug-likeness (QED) is 0.855. The lowest BCUT2D eigenvalue weighted by Crippen LogP contribution is -2.17. The molecular formula is C12H14F3NO2. The molecule has 2 N–H and O–H groups in total. The van der Waals surface area contributed by atoms with Crippen LogP contribution in [0.5, 0.6) is 5.75 Å². The number of rotatable bonds is 6. The number of Topliss-reactive ketones (excluding diaryl/α,β-unsaturated/α-hetero) is 1. The standard InChI is InChI=1S/C12H14F3NO2/c13-12(14,15)18-11-5-3-9(4-6-11)8-10(17)2-1-7-16/h3-6H,1-2,7-8,16H2. The molecule has 0 spiro atoms. The zero-order valence-electron chi connectivity index (χ0n) is 9.67. The first kappa shape index (κ1) is 14.5. The maximum Gasteiger partial charge on any atom is 0.573 e. The van der Waals surface area contributed by atoms with E-state index in [1.54, 1.807) is 0 Å². The van der Waals surface area contributed by atoms with Crippen LogP contribution >= 0.6 is 0 Å². The normalized spacial score (nSPS) is 11.3. The topological polar surface area (TPSA) is 52.3 Å². The van der Waals surface area contributed by atoms with E-state index < -0.39 is 6.36 Å². The van der Waals surface area contributed by atoms with Crippen LogP contribution in [0.1, 0.15) is 18.4 Å². The third kappa shape index (κ3) is 5.67. The van der Waals surface area contributed by atoms with E-state index in [9.17, 15) is 18.0 Å². The average Bonchev–Trinajstić information content (AvgIpc) is 2.27. The highest BCUT2D eigenvalue weighted by atomic mass is 19.4. The first-order valence-corrected chi connectivity index (χ1v) is 5.47. The third-order valence-electron chi connectivity index (χ3n) is 2.22. The van der Waals surface area contributed by atoms with Crippen molar-refractivity contribution in [2.24, 2.45) is 5.73 Å². The Morgan fingerprint density at radius 2 is 1.83 bits per heavy atom. The molecule has 0 saturated carbocycles. The van der Waals surface area contributed by atoms with Gasteiger partial charge in [0, 0.05) is 12.8 Å². The number of hydrogen-bond acceptors (Lipinski definition) is 3. The van der Waals surface area contributed by atoms with Crippen molar-refractivity contribution in [1.82, 2.24) is 0 Å². The maximum absolute atomic E-state index is 11.9. The molecule has 1 aromatic carbocycles. The number of carbonyl (C=O) groups is 1. The van der Waals surface area contributed by atoms with Crippen molar-refractivity contribution in [2.45, 2.75) is 25.6 Å². The molecule has 0 unspecified atom stereocenters. The minimum Gasteiger partial charge on any atom is -0.406 e. The molecule has 18 heavy (non-hydrogen) atoms. The van der Waals surface area contributed by atoms with E-state index >= 15 is 0 Å². The molecule has 0 radical (unpaired) electrons. The molecular weight excluding hydrogens is 247 g/mol. The van der Waals surface area contributed by atoms with E-state index in [1.165, 1.54) is 24.3 Å². The van der Waals surface area contributed by atoms with Crippen LogP contribution < -0.4 is 10.5 Å². The number of ether oxygens (including phenoxy) is 1. The van der Waals surface area contributed by atoms with Crippen molar-refractivity contribution >= 4 is 5.78 Å². The minimum atomic E-state index is -4.70. The van der Waals surface area contributed by atoms with Crippen molar-refractivity contribution in [3.63, 3.8) is 0 Å². The number of halogens is 3. The smallest absolute Gasteiger partial charge is 0.406 e. The van der Waals surface area contributed by atoms with Gasteiger partial charge in [0.1, 0.15) is 11.5 Å². The molecule has 0 amide bonds. The fraction of sp³-hybridized carbons (Fsp3) is 0.417. The zero-order chi connectivity index (χ0) is 13.6. The summed E-state index contributed by atoms with van der Waals surface area (Å²) < 4.78 is 39.4. The fourth-order valence-electron chi connectivity index (χ4n) is 1.42. The van der Waals surface area contributed by atoms with E-state index in [4.69, 9.17) is 5.73 Å². The average molecular weight is 261 g/mol. The van der Waals surface area contributed by atoms with Crippen molar-refractivity contribution in [1.29, 1.82) is 0 Å². The van der Waals surface area contributed by atoms with Gasteiger partial charge in [0.15, 0.2) is 0 Å². The largest absolute Gasteiger partial charge is 0.573 e. The Labute approximate surface area is 103 Å². The van der Waals surface area contributed by atoms with Gasteiger partial charge in [-0.15, -0.1) is 13.2 Å². The van der Waals surface area contributed by atoms with Gasteiger partial charge in [-0.25, -0.2) is 0 Å². The molecule has 3 nitrogen and oxygen atoms in total. The monoisotopic (exact) mass is 261 g/mol. The summed E-state index contributed by atoms with van der Waals surface area (Å²) in [4.78, 5) is 11.4. The number of carbonyl (C=O) groups excluding carboxylic acids is 1. The summed E-state index contributed by atoms with van der Waals surface area (Å²) in [7, 11) is 0. The second kappa shape index (κ2) is 6.39. The Kier molecular flexibility index (Phi) is 5.15. The number of ketones is 1. The van der Waals surface area contributed by atoms with Crippen molar-refractivity contribution < 1.29 is 22.7 Å². The van der Waals surface area contributed by atoms with Crippen molar-refractivity contribution in [3.05, 3.63) is 29.8 Å². The Balaban J connectivity index is 2.52. The van der Waals surface area contributed by atoms with Crippen LogP contribution in [-0.2, 0) is 11.2 Å². The fourth-order valence-corrected chi connectivity index (χ4v) is 1.42. The van der Waals surface area contributed by atoms with Gasteiger partial charge in [-0.1, -0.05) is 12.1 Å². The Morgan fingerprint density at radius 3 is 2.33 bits per heavy atom. The molecule has 0 aromatic heterocycles. The summed E-state index contributed by atoms with van der Waals surface area (Å²) in [5.41, 5.74) is 5.93. The Bertz CT molecular complexity index is 387. The molecule has 0 fully saturated rings. The van der Waals surface area contributed by atoms with Crippen LogP contribution in [0.3, 0.4) is 0 Å². The molecule has 6 heteroatoms. The molecule has 0 atom stereocenters. The number of hydrogen-bond donors (Lipinski definition) is 1. The van der Waals surface area contributed by atoms with E-state index in [-0.39, 0.29) is 18.0 Å². The van der Waals surface area contributed by atoms with Crippen LogP contribution in [0.2, 0.25) is 0 Å². The number of nitrogens with two attached hydrogens (primary N) is 1. The summed E-state index contributed by atoms with van der Waals surface area (Å²) in [6.07, 6.45) is -3.49. The molecule has 100 valence electrons. The van der Waals surface area contributed by atoms with Gasteiger partial charge < -0.3 is 10.5 Å². The lowest BCUT2D eigenvalue weighted by atomic mass is 10.1. The Hall–Kier alpha value is -1.56. The predicted molar refractivity (Wildman–Crippen MR) is 60.1 cm³/mol. The van der Waals surface area contributed by atoms with E-state index in [1.807, 2.05) is 0 Å². The van der Waals surface area contributed by atoms with Gasteiger partial charge in [-0.3, -0.25) is 4.79 Å². The maximum atomic E-state index is 11.9. The Morgan fingerprint density at radius 1 is 1.22 bits per heavy atom. The second-order valence-corrected chi connectivity index (χ2v) is 3.80. The summed E-state index contributed by atoms with van der Waals surface area (Å²) >= 11 is 0. The van der Waals surface area contributed by atoms with Gasteiger partial charge in [-0.05, 0) is 30.7 Å². The third-order valence-corrected chi connectivity index (χ3v) is 2.22. The first-order valence-electron chi connectivity index (χ1n) is 5.47. The highest BCUT2D eigenvalue weighted by Crippen LogP contribution is 2.22. The van der Waals surface area contributed by atoms with Crippen molar-refractivity contribution in [2.75, 3.05) is 6.54 Å². The summed E-state index contributed by atoms with van der Waals surface area (Å²) in [5.74, 6) is -0.273. The van der Waals surface area contributed by atoms with E-state index in [0.29, 0.717) is 24.9 Å². The highest BCUT2D eigenvalue weighted by molar-refractivity contribution is 5.80. The lowest BCUT2D eigenvalue weighted by Gasteiger charge is -2.09. The molecule has 0 heterocycles. The van der Waals surface area contributed by atoms with Gasteiger partial charge in [0.25, 0.3) is 0 Å². The number of alkyl halides is 3. The van der Waals surface area contributed by atoms with Gasteiger partial charge in [-0.2, -0.15) is 0 Å². The van der Waals surface area contributed by atoms with Crippen molar-refractivity contribution in [3.8, 4) is 5.75 Å². The van der Waals surface area contributed by atoms with Gasteiger partial charge >= 0.3 is 6.36 Å². The van der Waals surface area contributed by atoms with Crippen LogP contribution in [-0.4, -0.2) is 18.7 Å². The summed E-state index contributed by atoms with van der Waals surface area (Å²) in [5, 5.41) is 0. The summed E-state index contributed by atoms with van der Waals surface area (Å²) in [6, 6.07) is 5.28. The summed E-state index contributed by atoms with van der Waals surface area (Å²) in [6.45, 7) is 0.449. The molecule has 1 rings (SSSR count). The second-order valence-electron chi connectivity index (χ2n) is 3.80. The minimum absolute atomic E-state index is 0.0185. The first-order chi connectivity index (χ1) is 8.40. The van der Waals surface area contributed by atoms with Crippen LogP contribution in [0.25, 0.3) is 0 Å². The zero-order valence-corrected chi connectivity index (χ0v) is 9.67. The molecule has 0 aliphatic heterocycles. The predicted octanol–water partition coefficient (Wildman–Crippen LogP) is 2.44. The SMILES string of the molecule is NCCCC(=O)Cc1ccc(OC(F)(F)F)cc1. The van der Waals surface area contributed by atoms with E-state index in [2.05, 4.69) is 4.74 Å². The molecule has 0 aliphatic rings.